The largest absolute Gasteiger partial charge is 0.393 e. The van der Waals surface area contributed by atoms with Crippen LogP contribution in [0.15, 0.2) is 48.8 Å². The summed E-state index contributed by atoms with van der Waals surface area (Å²) in [4.78, 5) is 11.5. The summed E-state index contributed by atoms with van der Waals surface area (Å²) < 4.78 is 14.7. The molecule has 166 valence electrons. The molecule has 1 atom stereocenters. The van der Waals surface area contributed by atoms with Crippen molar-refractivity contribution in [2.75, 3.05) is 44.9 Å². The molecular formula is C23H26N6O3. The van der Waals surface area contributed by atoms with Crippen LogP contribution in [0.25, 0.3) is 28.0 Å². The lowest BCUT2D eigenvalue weighted by Crippen LogP contribution is -2.37. The van der Waals surface area contributed by atoms with Gasteiger partial charge in [-0.05, 0) is 12.1 Å². The van der Waals surface area contributed by atoms with Crippen LogP contribution in [-0.4, -0.2) is 69.4 Å². The Bertz CT molecular complexity index is 1220. The van der Waals surface area contributed by atoms with Crippen molar-refractivity contribution in [3.63, 3.8) is 0 Å². The van der Waals surface area contributed by atoms with E-state index in [4.69, 9.17) is 14.6 Å². The molecule has 32 heavy (non-hydrogen) atoms. The predicted molar refractivity (Wildman–Crippen MR) is 121 cm³/mol. The zero-order valence-electron chi connectivity index (χ0n) is 18.2. The topological polar surface area (TPSA) is 90.5 Å². The number of fused-ring (bicyclic) bond motifs is 1. The van der Waals surface area contributed by atoms with E-state index in [1.807, 2.05) is 37.5 Å². The quantitative estimate of drug-likeness (QED) is 0.498. The molecule has 0 unspecified atom stereocenters. The third-order valence-corrected chi connectivity index (χ3v) is 5.79. The van der Waals surface area contributed by atoms with Crippen LogP contribution in [0.4, 0.5) is 5.82 Å². The van der Waals surface area contributed by atoms with E-state index in [0.29, 0.717) is 24.9 Å². The molecule has 4 heterocycles. The molecule has 0 radical (unpaired) electrons. The Morgan fingerprint density at radius 1 is 1.12 bits per heavy atom. The van der Waals surface area contributed by atoms with Crippen molar-refractivity contribution in [2.24, 2.45) is 7.05 Å². The number of aliphatic hydroxyl groups is 1. The number of aliphatic hydroxyl groups excluding tert-OH is 1. The number of rotatable bonds is 6. The van der Waals surface area contributed by atoms with E-state index >= 15 is 0 Å². The Morgan fingerprint density at radius 2 is 1.91 bits per heavy atom. The summed E-state index contributed by atoms with van der Waals surface area (Å²) in [6, 6.07) is 12.2. The van der Waals surface area contributed by atoms with Crippen LogP contribution in [0.1, 0.15) is 11.9 Å². The number of nitrogens with zero attached hydrogens (tertiary/aromatic N) is 6. The monoisotopic (exact) mass is 434 g/mol. The van der Waals surface area contributed by atoms with Crippen molar-refractivity contribution in [2.45, 2.75) is 6.10 Å². The lowest BCUT2D eigenvalue weighted by molar-refractivity contribution is 0.0422. The van der Waals surface area contributed by atoms with Gasteiger partial charge in [-0.25, -0.2) is 14.6 Å². The minimum absolute atomic E-state index is 0.205. The van der Waals surface area contributed by atoms with Crippen LogP contribution in [0.2, 0.25) is 0 Å². The summed E-state index contributed by atoms with van der Waals surface area (Å²) in [5.74, 6) is 1.82. The van der Waals surface area contributed by atoms with Crippen LogP contribution in [0.5, 0.6) is 0 Å². The highest BCUT2D eigenvalue weighted by Crippen LogP contribution is 2.29. The molecule has 1 aliphatic rings. The number of anilines is 1. The molecule has 4 aromatic rings. The molecule has 1 aromatic carbocycles. The maximum absolute atomic E-state index is 9.73. The molecule has 9 nitrogen and oxygen atoms in total. The first kappa shape index (κ1) is 20.6. The fourth-order valence-corrected chi connectivity index (χ4v) is 4.06. The maximum Gasteiger partial charge on any atom is 0.164 e. The first-order valence-electron chi connectivity index (χ1n) is 10.6. The number of hydrogen-bond donors (Lipinski definition) is 1. The Labute approximate surface area is 185 Å². The van der Waals surface area contributed by atoms with E-state index < -0.39 is 6.10 Å². The Morgan fingerprint density at radius 3 is 2.69 bits per heavy atom. The Hall–Kier alpha value is -3.27. The fourth-order valence-electron chi connectivity index (χ4n) is 4.06. The van der Waals surface area contributed by atoms with Gasteiger partial charge in [0.2, 0.25) is 0 Å². The summed E-state index contributed by atoms with van der Waals surface area (Å²) >= 11 is 0. The first-order valence-corrected chi connectivity index (χ1v) is 10.6. The molecule has 0 saturated carbocycles. The highest BCUT2D eigenvalue weighted by atomic mass is 16.5. The number of aryl methyl sites for hydroxylation is 1. The number of aromatic nitrogens is 5. The maximum atomic E-state index is 9.73. The van der Waals surface area contributed by atoms with Crippen LogP contribution < -0.4 is 4.90 Å². The van der Waals surface area contributed by atoms with Gasteiger partial charge >= 0.3 is 0 Å². The van der Waals surface area contributed by atoms with E-state index in [1.54, 1.807) is 4.68 Å². The van der Waals surface area contributed by atoms with Gasteiger partial charge in [0, 0.05) is 62.2 Å². The first-order chi connectivity index (χ1) is 15.7. The third-order valence-electron chi connectivity index (χ3n) is 5.79. The molecular weight excluding hydrogens is 408 g/mol. The highest BCUT2D eigenvalue weighted by Gasteiger charge is 2.21. The smallest absolute Gasteiger partial charge is 0.164 e. The van der Waals surface area contributed by atoms with Gasteiger partial charge in [-0.2, -0.15) is 5.10 Å². The number of benzene rings is 1. The van der Waals surface area contributed by atoms with Crippen LogP contribution >= 0.6 is 0 Å². The van der Waals surface area contributed by atoms with E-state index in [2.05, 4.69) is 37.8 Å². The predicted octanol–water partition coefficient (Wildman–Crippen LogP) is 2.34. The van der Waals surface area contributed by atoms with E-state index in [1.165, 1.54) is 7.11 Å². The molecule has 1 fully saturated rings. The summed E-state index contributed by atoms with van der Waals surface area (Å²) in [5.41, 5.74) is 3.08. The highest BCUT2D eigenvalue weighted by molar-refractivity contribution is 5.95. The number of para-hydroxylation sites is 1. The lowest BCUT2D eigenvalue weighted by atomic mass is 10.1. The Kier molecular flexibility index (Phi) is 5.60. The van der Waals surface area contributed by atoms with Crippen LogP contribution in [-0.2, 0) is 16.5 Å². The SMILES string of the molecule is CO[C@H](CO)c1nc(N2CCOCC2)cc(-n2ccc(-c3cn(C)c4ccccc34)n2)n1. The van der Waals surface area contributed by atoms with Gasteiger partial charge in [0.05, 0.1) is 25.5 Å². The van der Waals surface area contributed by atoms with Gasteiger partial charge in [0.25, 0.3) is 0 Å². The molecule has 3 aromatic heterocycles. The number of hydrogen-bond acceptors (Lipinski definition) is 7. The van der Waals surface area contributed by atoms with Gasteiger partial charge < -0.3 is 24.0 Å². The molecule has 0 amide bonds. The van der Waals surface area contributed by atoms with E-state index in [9.17, 15) is 5.11 Å². The summed E-state index contributed by atoms with van der Waals surface area (Å²) in [6.07, 6.45) is 3.38. The summed E-state index contributed by atoms with van der Waals surface area (Å²) in [7, 11) is 3.58. The lowest BCUT2D eigenvalue weighted by Gasteiger charge is -2.28. The van der Waals surface area contributed by atoms with Gasteiger partial charge in [0.15, 0.2) is 11.6 Å². The minimum Gasteiger partial charge on any atom is -0.393 e. The van der Waals surface area contributed by atoms with E-state index in [-0.39, 0.29) is 6.61 Å². The zero-order chi connectivity index (χ0) is 22.1. The van der Waals surface area contributed by atoms with Crippen molar-refractivity contribution < 1.29 is 14.6 Å². The van der Waals surface area contributed by atoms with Crippen molar-refractivity contribution >= 4 is 16.7 Å². The third kappa shape index (κ3) is 3.75. The van der Waals surface area contributed by atoms with Gasteiger partial charge in [-0.3, -0.25) is 0 Å². The second kappa shape index (κ2) is 8.70. The van der Waals surface area contributed by atoms with Gasteiger partial charge in [-0.1, -0.05) is 18.2 Å². The molecule has 0 bridgehead atoms. The molecule has 9 heteroatoms. The number of ether oxygens (including phenoxy) is 2. The normalized spacial score (nSPS) is 15.4. The minimum atomic E-state index is -0.608. The molecule has 1 saturated heterocycles. The van der Waals surface area contributed by atoms with E-state index in [0.717, 1.165) is 41.1 Å². The average Bonchev–Trinajstić information content (AvgIpc) is 3.46. The summed E-state index contributed by atoms with van der Waals surface area (Å²) in [5, 5.41) is 15.7. The van der Waals surface area contributed by atoms with Gasteiger partial charge in [0.1, 0.15) is 11.9 Å². The second-order valence-electron chi connectivity index (χ2n) is 7.77. The number of morpholine rings is 1. The van der Waals surface area contributed by atoms with Gasteiger partial charge in [-0.15, -0.1) is 0 Å². The van der Waals surface area contributed by atoms with Crippen molar-refractivity contribution in [3.05, 3.63) is 54.6 Å². The zero-order valence-corrected chi connectivity index (χ0v) is 18.2. The summed E-state index contributed by atoms with van der Waals surface area (Å²) in [6.45, 7) is 2.58. The van der Waals surface area contributed by atoms with Crippen molar-refractivity contribution in [1.29, 1.82) is 0 Å². The van der Waals surface area contributed by atoms with Crippen molar-refractivity contribution in [1.82, 2.24) is 24.3 Å². The number of methoxy groups -OCH3 is 1. The second-order valence-corrected chi connectivity index (χ2v) is 7.77. The van der Waals surface area contributed by atoms with Crippen LogP contribution in [0, 0.1) is 0 Å². The van der Waals surface area contributed by atoms with Crippen LogP contribution in [0.3, 0.4) is 0 Å². The van der Waals surface area contributed by atoms with Crippen molar-refractivity contribution in [3.8, 4) is 17.1 Å². The fraction of sp³-hybridized carbons (Fsp3) is 0.348. The molecule has 0 aliphatic carbocycles. The molecule has 0 spiro atoms. The molecule has 1 aliphatic heterocycles. The standard InChI is InChI=1S/C23H26N6O3/c1-27-14-17(16-5-3-4-6-19(16)27)18-7-8-29(26-18)22-13-21(28-9-11-32-12-10-28)24-23(25-22)20(15-30)31-2/h3-8,13-14,20,30H,9-12,15H2,1-2H3/t20-/m1/s1. The molecule has 1 N–H and O–H groups in total. The Balaban J connectivity index is 1.57. The molecule has 5 rings (SSSR count). The average molecular weight is 435 g/mol.